The predicted molar refractivity (Wildman–Crippen MR) is 84.7 cm³/mol. The van der Waals surface area contributed by atoms with Gasteiger partial charge in [-0.05, 0) is 19.3 Å². The zero-order valence-electron chi connectivity index (χ0n) is 13.3. The Kier molecular flexibility index (Phi) is 4.49. The van der Waals surface area contributed by atoms with Crippen molar-refractivity contribution in [3.8, 4) is 0 Å². The second kappa shape index (κ2) is 6.38. The molecule has 1 aliphatic carbocycles. The van der Waals surface area contributed by atoms with Gasteiger partial charge >= 0.3 is 0 Å². The summed E-state index contributed by atoms with van der Waals surface area (Å²) in [6, 6.07) is 2.16. The first-order valence-corrected chi connectivity index (χ1v) is 8.32. The van der Waals surface area contributed by atoms with Crippen molar-refractivity contribution in [2.45, 2.75) is 57.1 Å². The number of aromatic nitrogens is 2. The van der Waals surface area contributed by atoms with Crippen LogP contribution in [0.2, 0.25) is 0 Å². The topological polar surface area (TPSA) is 70.4 Å². The first kappa shape index (κ1) is 15.5. The largest absolute Gasteiger partial charge is 0.389 e. The van der Waals surface area contributed by atoms with Crippen LogP contribution in [0, 0.1) is 0 Å². The summed E-state index contributed by atoms with van der Waals surface area (Å²) in [5, 5.41) is 17.8. The standard InChI is InChI=1S/C16H26N4O2/c1-13(21)17-15-6-10-20(18-15)14-5-9-19(11-14)12-16(22)7-3-2-4-8-16/h6,10,14,22H,2-5,7-9,11-12H2,1H3,(H,17,18,21). The van der Waals surface area contributed by atoms with Gasteiger partial charge in [-0.3, -0.25) is 14.4 Å². The molecule has 0 aromatic carbocycles. The molecule has 3 rings (SSSR count). The first-order valence-electron chi connectivity index (χ1n) is 8.32. The molecule has 1 aromatic heterocycles. The third-order valence-corrected chi connectivity index (χ3v) is 4.84. The lowest BCUT2D eigenvalue weighted by atomic mass is 9.84. The number of anilines is 1. The Morgan fingerprint density at radius 2 is 2.23 bits per heavy atom. The minimum atomic E-state index is -0.487. The molecule has 2 N–H and O–H groups in total. The van der Waals surface area contributed by atoms with E-state index in [0.717, 1.165) is 51.7 Å². The van der Waals surface area contributed by atoms with Crippen molar-refractivity contribution in [2.24, 2.45) is 0 Å². The van der Waals surface area contributed by atoms with Gasteiger partial charge in [-0.2, -0.15) is 5.10 Å². The average molecular weight is 306 g/mol. The number of aliphatic hydroxyl groups is 1. The number of nitrogens with one attached hydrogen (secondary N) is 1. The maximum Gasteiger partial charge on any atom is 0.222 e. The van der Waals surface area contributed by atoms with E-state index >= 15 is 0 Å². The monoisotopic (exact) mass is 306 g/mol. The summed E-state index contributed by atoms with van der Waals surface area (Å²) >= 11 is 0. The maximum absolute atomic E-state index is 11.1. The van der Waals surface area contributed by atoms with E-state index in [0.29, 0.717) is 11.9 Å². The molecule has 2 fully saturated rings. The van der Waals surface area contributed by atoms with E-state index in [1.54, 1.807) is 0 Å². The lowest BCUT2D eigenvalue weighted by molar-refractivity contribution is -0.114. The normalized spacial score (nSPS) is 25.3. The molecule has 1 saturated heterocycles. The molecule has 0 spiro atoms. The fraction of sp³-hybridized carbons (Fsp3) is 0.750. The summed E-state index contributed by atoms with van der Waals surface area (Å²) in [7, 11) is 0. The van der Waals surface area contributed by atoms with E-state index in [4.69, 9.17) is 0 Å². The molecule has 2 heterocycles. The summed E-state index contributed by atoms with van der Waals surface area (Å²) in [6.07, 6.45) is 8.38. The minimum absolute atomic E-state index is 0.0992. The van der Waals surface area contributed by atoms with E-state index in [-0.39, 0.29) is 5.91 Å². The number of carbonyl (C=O) groups excluding carboxylic acids is 1. The maximum atomic E-state index is 11.1. The lowest BCUT2D eigenvalue weighted by Gasteiger charge is -2.35. The van der Waals surface area contributed by atoms with Gasteiger partial charge in [0.25, 0.3) is 0 Å². The average Bonchev–Trinajstić information content (AvgIpc) is 3.07. The van der Waals surface area contributed by atoms with Crippen LogP contribution in [0.3, 0.4) is 0 Å². The molecule has 0 radical (unpaired) electrons. The molecule has 0 bridgehead atoms. The van der Waals surface area contributed by atoms with Crippen LogP contribution in [0.25, 0.3) is 0 Å². The van der Waals surface area contributed by atoms with Crippen molar-refractivity contribution in [1.82, 2.24) is 14.7 Å². The number of β-amino-alcohol motifs (C(OH)–C–C–N with tert-alkyl or cyclic N) is 1. The molecule has 22 heavy (non-hydrogen) atoms. The SMILES string of the molecule is CC(=O)Nc1ccn(C2CCN(CC3(O)CCCCC3)C2)n1. The third kappa shape index (κ3) is 3.67. The molecular formula is C16H26N4O2. The molecule has 6 nitrogen and oxygen atoms in total. The molecule has 2 aliphatic rings. The smallest absolute Gasteiger partial charge is 0.222 e. The molecule has 122 valence electrons. The Hall–Kier alpha value is -1.40. The van der Waals surface area contributed by atoms with Crippen molar-refractivity contribution in [2.75, 3.05) is 25.0 Å². The molecule has 6 heteroatoms. The van der Waals surface area contributed by atoms with E-state index in [1.165, 1.54) is 13.3 Å². The molecule has 1 saturated carbocycles. The van der Waals surface area contributed by atoms with Crippen LogP contribution in [0.1, 0.15) is 51.5 Å². The van der Waals surface area contributed by atoms with Crippen LogP contribution in [0.5, 0.6) is 0 Å². The molecule has 1 unspecified atom stereocenters. The molecule has 1 aliphatic heterocycles. The highest BCUT2D eigenvalue weighted by Gasteiger charge is 2.34. The Morgan fingerprint density at radius 3 is 2.95 bits per heavy atom. The van der Waals surface area contributed by atoms with E-state index in [9.17, 15) is 9.90 Å². The van der Waals surface area contributed by atoms with Crippen molar-refractivity contribution < 1.29 is 9.90 Å². The van der Waals surface area contributed by atoms with Gasteiger partial charge in [0.15, 0.2) is 5.82 Å². The van der Waals surface area contributed by atoms with Crippen molar-refractivity contribution in [1.29, 1.82) is 0 Å². The summed E-state index contributed by atoms with van der Waals surface area (Å²) in [5.41, 5.74) is -0.487. The zero-order chi connectivity index (χ0) is 15.6. The quantitative estimate of drug-likeness (QED) is 0.889. The Labute approximate surface area is 131 Å². The zero-order valence-corrected chi connectivity index (χ0v) is 13.3. The van der Waals surface area contributed by atoms with Gasteiger partial charge in [0.2, 0.25) is 5.91 Å². The molecule has 1 aromatic rings. The van der Waals surface area contributed by atoms with Gasteiger partial charge in [-0.25, -0.2) is 0 Å². The number of amides is 1. The van der Waals surface area contributed by atoms with E-state index < -0.39 is 5.60 Å². The van der Waals surface area contributed by atoms with Gasteiger partial charge < -0.3 is 10.4 Å². The lowest BCUT2D eigenvalue weighted by Crippen LogP contribution is -2.43. The summed E-state index contributed by atoms with van der Waals surface area (Å²) in [6.45, 7) is 4.19. The third-order valence-electron chi connectivity index (χ3n) is 4.84. The highest BCUT2D eigenvalue weighted by atomic mass is 16.3. The van der Waals surface area contributed by atoms with Crippen LogP contribution in [-0.4, -0.2) is 50.9 Å². The number of rotatable bonds is 4. The van der Waals surface area contributed by atoms with Crippen LogP contribution < -0.4 is 5.32 Å². The van der Waals surface area contributed by atoms with Gasteiger partial charge in [0, 0.05) is 38.8 Å². The van der Waals surface area contributed by atoms with Gasteiger partial charge in [0.05, 0.1) is 11.6 Å². The number of hydrogen-bond donors (Lipinski definition) is 2. The van der Waals surface area contributed by atoms with E-state index in [1.807, 2.05) is 16.9 Å². The highest BCUT2D eigenvalue weighted by Crippen LogP contribution is 2.31. The second-order valence-corrected chi connectivity index (χ2v) is 6.82. The number of likely N-dealkylation sites (tertiary alicyclic amines) is 1. The Bertz CT molecular complexity index is 522. The van der Waals surface area contributed by atoms with Crippen LogP contribution >= 0.6 is 0 Å². The minimum Gasteiger partial charge on any atom is -0.389 e. The van der Waals surface area contributed by atoms with Crippen LogP contribution in [0.4, 0.5) is 5.82 Å². The van der Waals surface area contributed by atoms with Crippen molar-refractivity contribution in [3.05, 3.63) is 12.3 Å². The van der Waals surface area contributed by atoms with Crippen molar-refractivity contribution in [3.63, 3.8) is 0 Å². The van der Waals surface area contributed by atoms with Crippen LogP contribution in [0.15, 0.2) is 12.3 Å². The van der Waals surface area contributed by atoms with Gasteiger partial charge in [0.1, 0.15) is 0 Å². The van der Waals surface area contributed by atoms with Crippen molar-refractivity contribution >= 4 is 11.7 Å². The Morgan fingerprint density at radius 1 is 1.45 bits per heavy atom. The first-order chi connectivity index (χ1) is 10.5. The molecule has 1 amide bonds. The highest BCUT2D eigenvalue weighted by molar-refractivity contribution is 5.87. The van der Waals surface area contributed by atoms with E-state index in [2.05, 4.69) is 15.3 Å². The summed E-state index contributed by atoms with van der Waals surface area (Å²) < 4.78 is 1.94. The second-order valence-electron chi connectivity index (χ2n) is 6.82. The summed E-state index contributed by atoms with van der Waals surface area (Å²) in [5.74, 6) is 0.509. The fourth-order valence-electron chi connectivity index (χ4n) is 3.74. The number of carbonyl (C=O) groups is 1. The Balaban J connectivity index is 1.55. The predicted octanol–water partition coefficient (Wildman–Crippen LogP) is 1.78. The number of hydrogen-bond acceptors (Lipinski definition) is 4. The van der Waals surface area contributed by atoms with Crippen LogP contribution in [-0.2, 0) is 4.79 Å². The number of nitrogens with zero attached hydrogens (tertiary/aromatic N) is 3. The van der Waals surface area contributed by atoms with Gasteiger partial charge in [-0.15, -0.1) is 0 Å². The fourth-order valence-corrected chi connectivity index (χ4v) is 3.74. The summed E-state index contributed by atoms with van der Waals surface area (Å²) in [4.78, 5) is 13.4. The molecular weight excluding hydrogens is 280 g/mol. The van der Waals surface area contributed by atoms with Gasteiger partial charge in [-0.1, -0.05) is 19.3 Å². The molecule has 1 atom stereocenters.